The summed E-state index contributed by atoms with van der Waals surface area (Å²) in [5.41, 5.74) is 5.51. The molecule has 0 radical (unpaired) electrons. The number of amides is 1. The molecule has 0 bridgehead atoms. The lowest BCUT2D eigenvalue weighted by Crippen LogP contribution is -2.29. The highest BCUT2D eigenvalue weighted by Crippen LogP contribution is 2.18. The number of hydroxylamine groups is 1. The second-order valence-corrected chi connectivity index (χ2v) is 3.73. The van der Waals surface area contributed by atoms with Crippen LogP contribution in [0.1, 0.15) is 28.4 Å². The van der Waals surface area contributed by atoms with Crippen molar-refractivity contribution in [2.24, 2.45) is 0 Å². The quantitative estimate of drug-likeness (QED) is 0.748. The van der Waals surface area contributed by atoms with E-state index in [0.717, 1.165) is 30.6 Å². The van der Waals surface area contributed by atoms with Crippen molar-refractivity contribution in [3.8, 4) is 0 Å². The lowest BCUT2D eigenvalue weighted by Gasteiger charge is -2.19. The van der Waals surface area contributed by atoms with Gasteiger partial charge in [-0.2, -0.15) is 0 Å². The number of fused-ring (bicyclic) bond motifs is 1. The van der Waals surface area contributed by atoms with Gasteiger partial charge in [0.1, 0.15) is 0 Å². The molecule has 1 aliphatic rings. The van der Waals surface area contributed by atoms with Gasteiger partial charge in [0.2, 0.25) is 0 Å². The van der Waals surface area contributed by atoms with Gasteiger partial charge in [-0.3, -0.25) is 9.63 Å². The zero-order valence-electron chi connectivity index (χ0n) is 9.38. The monoisotopic (exact) mass is 220 g/mol. The summed E-state index contributed by atoms with van der Waals surface area (Å²) < 4.78 is 0. The molecule has 2 rings (SSSR count). The van der Waals surface area contributed by atoms with E-state index in [1.165, 1.54) is 5.56 Å². The first-order chi connectivity index (χ1) is 7.83. The zero-order chi connectivity index (χ0) is 11.4. The fraction of sp³-hybridized carbons (Fsp3) is 0.417. The average molecular weight is 220 g/mol. The Morgan fingerprint density at radius 3 is 3.25 bits per heavy atom. The first kappa shape index (κ1) is 11.1. The van der Waals surface area contributed by atoms with Crippen molar-refractivity contribution in [1.82, 2.24) is 10.8 Å². The molecule has 4 heteroatoms. The molecule has 0 fully saturated rings. The standard InChI is InChI=1S/C12H16N2O2/c1-2-16-14-12(15)11-5-3-4-9-8-13-7-6-10(9)11/h3-5,13H,2,6-8H2,1H3,(H,14,15). The molecular formula is C12H16N2O2. The molecule has 0 saturated heterocycles. The van der Waals surface area contributed by atoms with Crippen LogP contribution in [0.5, 0.6) is 0 Å². The summed E-state index contributed by atoms with van der Waals surface area (Å²) >= 11 is 0. The summed E-state index contributed by atoms with van der Waals surface area (Å²) in [6.45, 7) is 4.07. The van der Waals surface area contributed by atoms with Gasteiger partial charge < -0.3 is 5.32 Å². The van der Waals surface area contributed by atoms with Crippen molar-refractivity contribution >= 4 is 5.91 Å². The number of rotatable bonds is 3. The van der Waals surface area contributed by atoms with Gasteiger partial charge >= 0.3 is 0 Å². The molecular weight excluding hydrogens is 204 g/mol. The van der Waals surface area contributed by atoms with Crippen LogP contribution in [0.2, 0.25) is 0 Å². The van der Waals surface area contributed by atoms with Gasteiger partial charge in [-0.15, -0.1) is 0 Å². The minimum absolute atomic E-state index is 0.152. The van der Waals surface area contributed by atoms with E-state index in [2.05, 4.69) is 16.9 Å². The van der Waals surface area contributed by atoms with Crippen LogP contribution >= 0.6 is 0 Å². The van der Waals surface area contributed by atoms with Gasteiger partial charge in [0.15, 0.2) is 0 Å². The lowest BCUT2D eigenvalue weighted by atomic mass is 9.95. The maximum atomic E-state index is 11.8. The van der Waals surface area contributed by atoms with E-state index in [9.17, 15) is 4.79 Å². The lowest BCUT2D eigenvalue weighted by molar-refractivity contribution is 0.0363. The maximum Gasteiger partial charge on any atom is 0.275 e. The van der Waals surface area contributed by atoms with Crippen LogP contribution in [-0.4, -0.2) is 19.1 Å². The molecule has 86 valence electrons. The molecule has 1 aromatic carbocycles. The number of carbonyl (C=O) groups excluding carboxylic acids is 1. The normalized spacial score (nSPS) is 14.3. The van der Waals surface area contributed by atoms with Gasteiger partial charge in [-0.25, -0.2) is 5.48 Å². The minimum Gasteiger partial charge on any atom is -0.312 e. The largest absolute Gasteiger partial charge is 0.312 e. The van der Waals surface area contributed by atoms with Crippen LogP contribution < -0.4 is 10.8 Å². The number of hydrogen-bond acceptors (Lipinski definition) is 3. The van der Waals surface area contributed by atoms with Crippen molar-refractivity contribution in [2.75, 3.05) is 13.2 Å². The third kappa shape index (κ3) is 2.23. The van der Waals surface area contributed by atoms with Crippen molar-refractivity contribution in [3.63, 3.8) is 0 Å². The van der Waals surface area contributed by atoms with E-state index in [1.807, 2.05) is 19.1 Å². The number of nitrogens with one attached hydrogen (secondary N) is 2. The summed E-state index contributed by atoms with van der Waals surface area (Å²) in [6, 6.07) is 5.81. The number of hydrogen-bond donors (Lipinski definition) is 2. The summed E-state index contributed by atoms with van der Waals surface area (Å²) in [7, 11) is 0. The van der Waals surface area contributed by atoms with Gasteiger partial charge in [-0.05, 0) is 37.1 Å². The van der Waals surface area contributed by atoms with Crippen LogP contribution in [0.3, 0.4) is 0 Å². The second-order valence-electron chi connectivity index (χ2n) is 3.73. The molecule has 0 aromatic heterocycles. The molecule has 2 N–H and O–H groups in total. The van der Waals surface area contributed by atoms with E-state index in [-0.39, 0.29) is 5.91 Å². The van der Waals surface area contributed by atoms with E-state index < -0.39 is 0 Å². The molecule has 1 aliphatic heterocycles. The SMILES string of the molecule is CCONC(=O)c1cccc2c1CCNC2. The second kappa shape index (κ2) is 5.09. The topological polar surface area (TPSA) is 50.4 Å². The Balaban J connectivity index is 2.23. The number of carbonyl (C=O) groups is 1. The smallest absolute Gasteiger partial charge is 0.275 e. The summed E-state index contributed by atoms with van der Waals surface area (Å²) in [4.78, 5) is 16.7. The van der Waals surface area contributed by atoms with Crippen LogP contribution in [0.25, 0.3) is 0 Å². The summed E-state index contributed by atoms with van der Waals surface area (Å²) in [6.07, 6.45) is 0.894. The first-order valence-electron chi connectivity index (χ1n) is 5.56. The molecule has 1 aromatic rings. The summed E-state index contributed by atoms with van der Waals surface area (Å²) in [5, 5.41) is 3.29. The van der Waals surface area contributed by atoms with Gasteiger partial charge in [0.05, 0.1) is 6.61 Å². The Morgan fingerprint density at radius 1 is 1.56 bits per heavy atom. The molecule has 0 spiro atoms. The van der Waals surface area contributed by atoms with E-state index >= 15 is 0 Å². The summed E-state index contributed by atoms with van der Waals surface area (Å²) in [5.74, 6) is -0.152. The Bertz CT molecular complexity index is 391. The molecule has 16 heavy (non-hydrogen) atoms. The van der Waals surface area contributed by atoms with Gasteiger partial charge in [0.25, 0.3) is 5.91 Å². The van der Waals surface area contributed by atoms with E-state index in [1.54, 1.807) is 0 Å². The van der Waals surface area contributed by atoms with Crippen molar-refractivity contribution in [2.45, 2.75) is 19.9 Å². The Hall–Kier alpha value is -1.39. The highest BCUT2D eigenvalue weighted by Gasteiger charge is 2.16. The molecule has 1 heterocycles. The van der Waals surface area contributed by atoms with Crippen molar-refractivity contribution in [1.29, 1.82) is 0 Å². The zero-order valence-corrected chi connectivity index (χ0v) is 9.38. The third-order valence-corrected chi connectivity index (χ3v) is 2.69. The fourth-order valence-corrected chi connectivity index (χ4v) is 1.94. The highest BCUT2D eigenvalue weighted by atomic mass is 16.6. The fourth-order valence-electron chi connectivity index (χ4n) is 1.94. The Kier molecular flexibility index (Phi) is 3.54. The van der Waals surface area contributed by atoms with Crippen LogP contribution in [0.4, 0.5) is 0 Å². The van der Waals surface area contributed by atoms with Gasteiger partial charge in [0, 0.05) is 12.1 Å². The number of benzene rings is 1. The molecule has 0 aliphatic carbocycles. The Labute approximate surface area is 94.9 Å². The molecule has 4 nitrogen and oxygen atoms in total. The maximum absolute atomic E-state index is 11.8. The van der Waals surface area contributed by atoms with Gasteiger partial charge in [-0.1, -0.05) is 12.1 Å². The van der Waals surface area contributed by atoms with Crippen molar-refractivity contribution in [3.05, 3.63) is 34.9 Å². The molecule has 0 saturated carbocycles. The molecule has 0 atom stereocenters. The Morgan fingerprint density at radius 2 is 2.44 bits per heavy atom. The van der Waals surface area contributed by atoms with Crippen LogP contribution in [0, 0.1) is 0 Å². The van der Waals surface area contributed by atoms with Crippen molar-refractivity contribution < 1.29 is 9.63 Å². The first-order valence-corrected chi connectivity index (χ1v) is 5.56. The predicted octanol–water partition coefficient (Wildman–Crippen LogP) is 1.01. The predicted molar refractivity (Wildman–Crippen MR) is 60.9 cm³/mol. The highest BCUT2D eigenvalue weighted by molar-refractivity contribution is 5.95. The minimum atomic E-state index is -0.152. The van der Waals surface area contributed by atoms with Crippen LogP contribution in [0.15, 0.2) is 18.2 Å². The van der Waals surface area contributed by atoms with Crippen LogP contribution in [-0.2, 0) is 17.8 Å². The molecule has 0 unspecified atom stereocenters. The average Bonchev–Trinajstić information content (AvgIpc) is 2.35. The van der Waals surface area contributed by atoms with E-state index in [0.29, 0.717) is 6.61 Å². The molecule has 1 amide bonds. The third-order valence-electron chi connectivity index (χ3n) is 2.69. The van der Waals surface area contributed by atoms with E-state index in [4.69, 9.17) is 4.84 Å².